The predicted molar refractivity (Wildman–Crippen MR) is 165 cm³/mol. The summed E-state index contributed by atoms with van der Waals surface area (Å²) in [6.45, 7) is 2.99. The zero-order valence-electron chi connectivity index (χ0n) is 24.3. The molecule has 1 heterocycles. The third-order valence-corrected chi connectivity index (χ3v) is 8.96. The Morgan fingerprint density at radius 2 is 1.53 bits per heavy atom. The maximum Gasteiger partial charge on any atom is 0.330 e. The van der Waals surface area contributed by atoms with E-state index in [0.29, 0.717) is 31.1 Å². The molecule has 43 heavy (non-hydrogen) atoms. The van der Waals surface area contributed by atoms with Crippen molar-refractivity contribution >= 4 is 21.7 Å². The van der Waals surface area contributed by atoms with Crippen molar-refractivity contribution < 1.29 is 32.2 Å². The molecule has 8 nitrogen and oxygen atoms in total. The number of hydrogen-bond donors (Lipinski definition) is 0. The molecule has 0 radical (unpaired) electrons. The van der Waals surface area contributed by atoms with Gasteiger partial charge in [-0.05, 0) is 78.2 Å². The first-order valence-corrected chi connectivity index (χ1v) is 15.8. The van der Waals surface area contributed by atoms with Crippen LogP contribution in [0.15, 0.2) is 102 Å². The van der Waals surface area contributed by atoms with Crippen molar-refractivity contribution in [1.29, 1.82) is 0 Å². The van der Waals surface area contributed by atoms with Crippen molar-refractivity contribution in [3.8, 4) is 23.0 Å². The lowest BCUT2D eigenvalue weighted by Gasteiger charge is -2.25. The molecule has 5 rings (SSSR count). The van der Waals surface area contributed by atoms with Crippen LogP contribution in [0.25, 0.3) is 0 Å². The van der Waals surface area contributed by atoms with E-state index < -0.39 is 22.0 Å². The van der Waals surface area contributed by atoms with Crippen LogP contribution in [-0.4, -0.2) is 40.8 Å². The third-order valence-electron chi connectivity index (χ3n) is 7.12. The summed E-state index contributed by atoms with van der Waals surface area (Å²) in [6.07, 6.45) is 2.75. The van der Waals surface area contributed by atoms with Gasteiger partial charge < -0.3 is 18.9 Å². The molecule has 1 aliphatic heterocycles. The Morgan fingerprint density at radius 1 is 0.837 bits per heavy atom. The van der Waals surface area contributed by atoms with Gasteiger partial charge in [0.25, 0.3) is 10.0 Å². The van der Waals surface area contributed by atoms with Crippen LogP contribution in [0, 0.1) is 0 Å². The number of aryl methyl sites for hydroxylation is 1. The molecule has 0 saturated heterocycles. The Labute approximate surface area is 252 Å². The minimum Gasteiger partial charge on any atom is -0.493 e. The van der Waals surface area contributed by atoms with Crippen LogP contribution in [0.2, 0.25) is 0 Å². The number of carbonyl (C=O) groups excluding carboxylic acids is 1. The monoisotopic (exact) mass is 601 g/mol. The summed E-state index contributed by atoms with van der Waals surface area (Å²) in [4.78, 5) is 12.5. The summed E-state index contributed by atoms with van der Waals surface area (Å²) in [5.74, 6) is 2.32. The number of fused-ring (bicyclic) bond motifs is 1. The van der Waals surface area contributed by atoms with Crippen molar-refractivity contribution in [3.63, 3.8) is 0 Å². The van der Waals surface area contributed by atoms with Crippen molar-refractivity contribution in [2.24, 2.45) is 0 Å². The van der Waals surface area contributed by atoms with Crippen LogP contribution in [-0.2, 0) is 32.4 Å². The molecule has 1 aliphatic rings. The first kappa shape index (κ1) is 30.0. The number of anilines is 1. The van der Waals surface area contributed by atoms with Gasteiger partial charge in [-0.15, -0.1) is 0 Å². The summed E-state index contributed by atoms with van der Waals surface area (Å²) in [6, 6.07) is 27.9. The van der Waals surface area contributed by atoms with Gasteiger partial charge in [-0.1, -0.05) is 49.7 Å². The molecule has 0 unspecified atom stereocenters. The highest BCUT2D eigenvalue weighted by atomic mass is 32.2. The zero-order chi connectivity index (χ0) is 30.2. The molecule has 0 aromatic heterocycles. The number of esters is 1. The highest BCUT2D eigenvalue weighted by Crippen LogP contribution is 2.37. The van der Waals surface area contributed by atoms with E-state index in [2.05, 4.69) is 6.92 Å². The van der Waals surface area contributed by atoms with E-state index in [-0.39, 0.29) is 11.3 Å². The number of carbonyl (C=O) groups is 1. The fourth-order valence-corrected chi connectivity index (χ4v) is 6.71. The minimum absolute atomic E-state index is 0.0666. The molecular weight excluding hydrogens is 566 g/mol. The fraction of sp³-hybridized carbons (Fsp3) is 0.265. The lowest BCUT2D eigenvalue weighted by Crippen LogP contribution is -2.43. The van der Waals surface area contributed by atoms with Gasteiger partial charge >= 0.3 is 5.97 Å². The number of benzene rings is 4. The quantitative estimate of drug-likeness (QED) is 0.126. The highest BCUT2D eigenvalue weighted by Gasteiger charge is 2.42. The Hall–Kier alpha value is -4.50. The van der Waals surface area contributed by atoms with Crippen molar-refractivity contribution in [1.82, 2.24) is 0 Å². The number of para-hydroxylation sites is 2. The second kappa shape index (κ2) is 13.6. The van der Waals surface area contributed by atoms with Crippen molar-refractivity contribution in [2.75, 3.05) is 24.6 Å². The average Bonchev–Trinajstić information content (AvgIpc) is 3.43. The van der Waals surface area contributed by atoms with Crippen LogP contribution >= 0.6 is 0 Å². The lowest BCUT2D eigenvalue weighted by atomic mass is 10.1. The normalized spacial score (nSPS) is 14.2. The van der Waals surface area contributed by atoms with E-state index in [1.54, 1.807) is 24.3 Å². The molecule has 0 aliphatic carbocycles. The maximum absolute atomic E-state index is 13.6. The molecule has 0 spiro atoms. The van der Waals surface area contributed by atoms with Crippen LogP contribution < -0.4 is 18.5 Å². The van der Waals surface area contributed by atoms with Crippen LogP contribution in [0.5, 0.6) is 23.0 Å². The highest BCUT2D eigenvalue weighted by molar-refractivity contribution is 7.93. The molecule has 0 fully saturated rings. The summed E-state index contributed by atoms with van der Waals surface area (Å²) in [7, 11) is -2.76. The van der Waals surface area contributed by atoms with Gasteiger partial charge in [-0.25, -0.2) is 13.2 Å². The Bertz CT molecular complexity index is 1640. The van der Waals surface area contributed by atoms with Crippen LogP contribution in [0.4, 0.5) is 5.69 Å². The zero-order valence-corrected chi connectivity index (χ0v) is 25.1. The van der Waals surface area contributed by atoms with E-state index in [0.717, 1.165) is 45.5 Å². The average molecular weight is 602 g/mol. The lowest BCUT2D eigenvalue weighted by molar-refractivity contribution is -0.141. The standard InChI is InChI=1S/C34H35NO7S/c1-3-10-26-23-29(42-28-12-5-4-6-13-28)17-20-33(26)41-22-9-21-40-27-15-18-30(19-16-27)43(37,38)35-31-14-8-7-11-25(31)24-32(35)34(36)39-2/h4-8,11-20,23,32H,3,9-10,21-22,24H2,1-2H3/t32-/m1/s1. The number of methoxy groups -OCH3 is 1. The van der Waals surface area contributed by atoms with Gasteiger partial charge in [0.05, 0.1) is 30.9 Å². The molecule has 0 N–H and O–H groups in total. The predicted octanol–water partition coefficient (Wildman–Crippen LogP) is 6.57. The van der Waals surface area contributed by atoms with Gasteiger partial charge in [0.15, 0.2) is 0 Å². The smallest absolute Gasteiger partial charge is 0.330 e. The largest absolute Gasteiger partial charge is 0.493 e. The maximum atomic E-state index is 13.6. The Kier molecular flexibility index (Phi) is 9.51. The number of sulfonamides is 1. The van der Waals surface area contributed by atoms with E-state index in [4.69, 9.17) is 18.9 Å². The van der Waals surface area contributed by atoms with Crippen molar-refractivity contribution in [3.05, 3.63) is 108 Å². The van der Waals surface area contributed by atoms with Gasteiger partial charge in [-0.2, -0.15) is 0 Å². The number of ether oxygens (including phenoxy) is 4. The molecule has 224 valence electrons. The van der Waals surface area contributed by atoms with Crippen LogP contribution in [0.1, 0.15) is 30.9 Å². The van der Waals surface area contributed by atoms with E-state index in [9.17, 15) is 13.2 Å². The van der Waals surface area contributed by atoms with Crippen LogP contribution in [0.3, 0.4) is 0 Å². The van der Waals surface area contributed by atoms with Crippen molar-refractivity contribution in [2.45, 2.75) is 43.5 Å². The van der Waals surface area contributed by atoms with Gasteiger partial charge in [0, 0.05) is 12.8 Å². The number of hydrogen-bond acceptors (Lipinski definition) is 7. The summed E-state index contributed by atoms with van der Waals surface area (Å²) >= 11 is 0. The molecule has 9 heteroatoms. The molecular formula is C34H35NO7S. The summed E-state index contributed by atoms with van der Waals surface area (Å²) < 4.78 is 51.2. The molecule has 0 amide bonds. The topological polar surface area (TPSA) is 91.4 Å². The van der Waals surface area contributed by atoms with E-state index in [1.165, 1.54) is 19.2 Å². The van der Waals surface area contributed by atoms with E-state index in [1.807, 2.05) is 60.7 Å². The molecule has 4 aromatic carbocycles. The van der Waals surface area contributed by atoms with Gasteiger partial charge in [0.1, 0.15) is 29.0 Å². The second-order valence-corrected chi connectivity index (χ2v) is 11.9. The molecule has 1 atom stereocenters. The molecule has 0 saturated carbocycles. The first-order valence-electron chi connectivity index (χ1n) is 14.3. The third kappa shape index (κ3) is 6.94. The van der Waals surface area contributed by atoms with Gasteiger partial charge in [0.2, 0.25) is 0 Å². The first-order chi connectivity index (χ1) is 20.9. The number of nitrogens with zero attached hydrogens (tertiary/aromatic N) is 1. The molecule has 4 aromatic rings. The summed E-state index contributed by atoms with van der Waals surface area (Å²) in [5, 5.41) is 0. The Balaban J connectivity index is 1.16. The molecule has 0 bridgehead atoms. The number of rotatable bonds is 13. The minimum atomic E-state index is -4.01. The Morgan fingerprint density at radius 3 is 2.28 bits per heavy atom. The second-order valence-electron chi connectivity index (χ2n) is 10.1. The fourth-order valence-electron chi connectivity index (χ4n) is 5.07. The SMILES string of the molecule is CCCc1cc(Oc2ccccc2)ccc1OCCCOc1ccc(S(=O)(=O)N2c3ccccc3C[C@@H]2C(=O)OC)cc1. The summed E-state index contributed by atoms with van der Waals surface area (Å²) in [5.41, 5.74) is 2.35. The van der Waals surface area contributed by atoms with E-state index >= 15 is 0 Å². The van der Waals surface area contributed by atoms with Gasteiger partial charge in [-0.3, -0.25) is 4.31 Å².